The lowest BCUT2D eigenvalue weighted by Gasteiger charge is -2.28. The third-order valence-corrected chi connectivity index (χ3v) is 3.76. The molecular weight excluding hydrogens is 318 g/mol. The van der Waals surface area contributed by atoms with Crippen molar-refractivity contribution in [1.82, 2.24) is 5.32 Å². The molecule has 0 radical (unpaired) electrons. The van der Waals surface area contributed by atoms with Crippen LogP contribution in [0.5, 0.6) is 0 Å². The van der Waals surface area contributed by atoms with Crippen LogP contribution in [0.4, 0.5) is 4.79 Å². The number of esters is 1. The van der Waals surface area contributed by atoms with Crippen molar-refractivity contribution in [1.29, 1.82) is 0 Å². The van der Waals surface area contributed by atoms with Gasteiger partial charge in [-0.3, -0.25) is 0 Å². The van der Waals surface area contributed by atoms with Gasteiger partial charge < -0.3 is 14.8 Å². The van der Waals surface area contributed by atoms with E-state index in [9.17, 15) is 9.59 Å². The zero-order chi connectivity index (χ0) is 18.1. The van der Waals surface area contributed by atoms with E-state index in [1.54, 1.807) is 0 Å². The lowest BCUT2D eigenvalue weighted by molar-refractivity contribution is -0.146. The molecule has 130 valence electrons. The van der Waals surface area contributed by atoms with Crippen molar-refractivity contribution in [3.8, 4) is 0 Å². The van der Waals surface area contributed by atoms with Gasteiger partial charge in [-0.15, -0.1) is 6.58 Å². The summed E-state index contributed by atoms with van der Waals surface area (Å²) in [7, 11) is 1.27. The van der Waals surface area contributed by atoms with E-state index in [4.69, 9.17) is 9.47 Å². The molecule has 2 aromatic rings. The Labute approximate surface area is 147 Å². The predicted molar refractivity (Wildman–Crippen MR) is 94.9 cm³/mol. The highest BCUT2D eigenvalue weighted by molar-refractivity contribution is 5.88. The average molecular weight is 339 g/mol. The molecule has 2 aromatic carbocycles. The minimum atomic E-state index is -1.40. The molecule has 0 bridgehead atoms. The van der Waals surface area contributed by atoms with Crippen molar-refractivity contribution < 1.29 is 19.1 Å². The summed E-state index contributed by atoms with van der Waals surface area (Å²) in [4.78, 5) is 24.5. The van der Waals surface area contributed by atoms with Gasteiger partial charge in [0.1, 0.15) is 6.61 Å². The Morgan fingerprint density at radius 2 is 1.60 bits per heavy atom. The molecule has 0 aromatic heterocycles. The Morgan fingerprint density at radius 1 is 1.04 bits per heavy atom. The second kappa shape index (κ2) is 8.68. The van der Waals surface area contributed by atoms with Gasteiger partial charge >= 0.3 is 12.1 Å². The molecule has 0 aliphatic heterocycles. The zero-order valence-corrected chi connectivity index (χ0v) is 14.1. The molecule has 0 aliphatic rings. The molecule has 0 spiro atoms. The first-order valence-corrected chi connectivity index (χ1v) is 7.84. The van der Waals surface area contributed by atoms with Crippen molar-refractivity contribution in [3.05, 3.63) is 84.4 Å². The van der Waals surface area contributed by atoms with Gasteiger partial charge in [-0.25, -0.2) is 9.59 Å². The quantitative estimate of drug-likeness (QED) is 0.621. The van der Waals surface area contributed by atoms with Gasteiger partial charge in [-0.05, 0) is 11.1 Å². The summed E-state index contributed by atoms with van der Waals surface area (Å²) in [5, 5.41) is 2.60. The minimum absolute atomic E-state index is 0.104. The minimum Gasteiger partial charge on any atom is -0.467 e. The standard InChI is InChI=1S/C20H21NO4/c1-3-20(18(22)24-2,14-16-10-6-4-7-11-16)21-19(23)25-15-17-12-8-5-9-13-17/h3-13H,1,14-15H2,2H3,(H,21,23)/t20-/m0/s1. The first kappa shape index (κ1) is 18.3. The van der Waals surface area contributed by atoms with E-state index in [1.165, 1.54) is 13.2 Å². The number of methoxy groups -OCH3 is 1. The second-order valence-electron chi connectivity index (χ2n) is 5.52. The molecule has 0 saturated heterocycles. The van der Waals surface area contributed by atoms with Crippen LogP contribution in [0.1, 0.15) is 11.1 Å². The number of hydrogen-bond acceptors (Lipinski definition) is 4. The highest BCUT2D eigenvalue weighted by Gasteiger charge is 2.39. The van der Waals surface area contributed by atoms with E-state index in [1.807, 2.05) is 60.7 Å². The maximum absolute atomic E-state index is 12.3. The summed E-state index contributed by atoms with van der Waals surface area (Å²) in [6, 6.07) is 18.6. The van der Waals surface area contributed by atoms with Gasteiger partial charge in [0.15, 0.2) is 5.54 Å². The monoisotopic (exact) mass is 339 g/mol. The Kier molecular flexibility index (Phi) is 6.34. The zero-order valence-electron chi connectivity index (χ0n) is 14.1. The number of nitrogens with one attached hydrogen (secondary N) is 1. The first-order valence-electron chi connectivity index (χ1n) is 7.84. The molecule has 1 amide bonds. The van der Waals surface area contributed by atoms with Gasteiger partial charge in [0.25, 0.3) is 0 Å². The van der Waals surface area contributed by atoms with Crippen molar-refractivity contribution in [2.24, 2.45) is 0 Å². The Hall–Kier alpha value is -3.08. The lowest BCUT2D eigenvalue weighted by atomic mass is 9.91. The fourth-order valence-electron chi connectivity index (χ4n) is 2.42. The number of rotatable bonds is 7. The van der Waals surface area contributed by atoms with Crippen LogP contribution in [0.3, 0.4) is 0 Å². The Morgan fingerprint density at radius 3 is 2.12 bits per heavy atom. The number of hydrogen-bond donors (Lipinski definition) is 1. The second-order valence-corrected chi connectivity index (χ2v) is 5.52. The topological polar surface area (TPSA) is 64.6 Å². The SMILES string of the molecule is C=C[C@@](Cc1ccccc1)(NC(=O)OCc1ccccc1)C(=O)OC. The van der Waals surface area contributed by atoms with E-state index in [0.29, 0.717) is 0 Å². The third kappa shape index (κ3) is 4.94. The third-order valence-electron chi connectivity index (χ3n) is 3.76. The van der Waals surface area contributed by atoms with E-state index in [0.717, 1.165) is 11.1 Å². The maximum Gasteiger partial charge on any atom is 0.408 e. The van der Waals surface area contributed by atoms with Crippen LogP contribution >= 0.6 is 0 Å². The van der Waals surface area contributed by atoms with Gasteiger partial charge in [0, 0.05) is 6.42 Å². The first-order chi connectivity index (χ1) is 12.1. The van der Waals surface area contributed by atoms with Crippen molar-refractivity contribution in [3.63, 3.8) is 0 Å². The van der Waals surface area contributed by atoms with Crippen LogP contribution in [-0.2, 0) is 27.3 Å². The number of benzene rings is 2. The average Bonchev–Trinajstić information content (AvgIpc) is 2.66. The largest absolute Gasteiger partial charge is 0.467 e. The summed E-state index contributed by atoms with van der Waals surface area (Å²) >= 11 is 0. The van der Waals surface area contributed by atoms with Crippen LogP contribution in [0.2, 0.25) is 0 Å². The predicted octanol–water partition coefficient (Wildman–Crippen LogP) is 3.25. The van der Waals surface area contributed by atoms with Crippen LogP contribution in [0, 0.1) is 0 Å². The molecule has 5 nitrogen and oxygen atoms in total. The van der Waals surface area contributed by atoms with E-state index in [-0.39, 0.29) is 13.0 Å². The number of ether oxygens (including phenoxy) is 2. The van der Waals surface area contributed by atoms with E-state index < -0.39 is 17.6 Å². The fourth-order valence-corrected chi connectivity index (χ4v) is 2.42. The number of alkyl carbamates (subject to hydrolysis) is 1. The van der Waals surface area contributed by atoms with Crippen LogP contribution in [-0.4, -0.2) is 24.7 Å². The molecular formula is C20H21NO4. The molecule has 2 rings (SSSR count). The van der Waals surface area contributed by atoms with Crippen molar-refractivity contribution in [2.45, 2.75) is 18.6 Å². The Bertz CT molecular complexity index is 715. The van der Waals surface area contributed by atoms with Crippen molar-refractivity contribution in [2.75, 3.05) is 7.11 Å². The normalized spacial score (nSPS) is 12.5. The molecule has 0 unspecified atom stereocenters. The summed E-state index contributed by atoms with van der Waals surface area (Å²) in [5.41, 5.74) is 0.309. The van der Waals surface area contributed by atoms with Gasteiger partial charge in [0.05, 0.1) is 7.11 Å². The van der Waals surface area contributed by atoms with E-state index in [2.05, 4.69) is 11.9 Å². The van der Waals surface area contributed by atoms with Crippen LogP contribution in [0.25, 0.3) is 0 Å². The molecule has 0 fully saturated rings. The van der Waals surface area contributed by atoms with Gasteiger partial charge in [0.2, 0.25) is 0 Å². The van der Waals surface area contributed by atoms with Gasteiger partial charge in [-0.2, -0.15) is 0 Å². The smallest absolute Gasteiger partial charge is 0.408 e. The van der Waals surface area contributed by atoms with Crippen LogP contribution in [0.15, 0.2) is 73.3 Å². The van der Waals surface area contributed by atoms with E-state index >= 15 is 0 Å². The highest BCUT2D eigenvalue weighted by atomic mass is 16.6. The maximum atomic E-state index is 12.3. The fraction of sp³-hybridized carbons (Fsp3) is 0.200. The molecule has 0 heterocycles. The number of amides is 1. The molecule has 0 aliphatic carbocycles. The lowest BCUT2D eigenvalue weighted by Crippen LogP contribution is -2.55. The number of carbonyl (C=O) groups is 2. The molecule has 1 atom stereocenters. The summed E-state index contributed by atoms with van der Waals surface area (Å²) < 4.78 is 10.1. The summed E-state index contributed by atoms with van der Waals surface area (Å²) in [6.07, 6.45) is 0.866. The summed E-state index contributed by atoms with van der Waals surface area (Å²) in [5.74, 6) is -0.608. The van der Waals surface area contributed by atoms with Crippen LogP contribution < -0.4 is 5.32 Å². The molecule has 25 heavy (non-hydrogen) atoms. The van der Waals surface area contributed by atoms with Crippen molar-refractivity contribution >= 4 is 12.1 Å². The highest BCUT2D eigenvalue weighted by Crippen LogP contribution is 2.18. The van der Waals surface area contributed by atoms with Gasteiger partial charge in [-0.1, -0.05) is 66.7 Å². The molecule has 0 saturated carbocycles. The molecule has 5 heteroatoms. The Balaban J connectivity index is 2.10. The number of carbonyl (C=O) groups excluding carboxylic acids is 2. The molecule has 1 N–H and O–H groups in total. The summed E-state index contributed by atoms with van der Waals surface area (Å²) in [6.45, 7) is 3.80.